The Morgan fingerprint density at radius 2 is 2.09 bits per heavy atom. The average Bonchev–Trinajstić information content (AvgIpc) is 2.50. The van der Waals surface area contributed by atoms with E-state index in [-0.39, 0.29) is 11.9 Å². The molecule has 1 heterocycles. The van der Waals surface area contributed by atoms with E-state index in [4.69, 9.17) is 4.74 Å². The number of amides is 1. The molecule has 5 heteroatoms. The van der Waals surface area contributed by atoms with Gasteiger partial charge in [-0.25, -0.2) is 4.39 Å². The molecule has 1 aliphatic rings. The highest BCUT2D eigenvalue weighted by atomic mass is 79.9. The third-order valence-corrected chi connectivity index (χ3v) is 4.65. The molecule has 0 aromatic heterocycles. The van der Waals surface area contributed by atoms with Crippen molar-refractivity contribution in [2.45, 2.75) is 26.3 Å². The first-order chi connectivity index (χ1) is 11.0. The van der Waals surface area contributed by atoms with E-state index in [1.165, 1.54) is 18.2 Å². The summed E-state index contributed by atoms with van der Waals surface area (Å²) in [5.41, 5.74) is 3.46. The minimum Gasteiger partial charge on any atom is -0.493 e. The lowest BCUT2D eigenvalue weighted by Crippen LogP contribution is -2.32. The molecule has 2 aromatic rings. The first kappa shape index (κ1) is 16.0. The third-order valence-electron chi connectivity index (χ3n) is 3.95. The molecule has 1 aliphatic heterocycles. The third kappa shape index (κ3) is 3.24. The monoisotopic (exact) mass is 377 g/mol. The van der Waals surface area contributed by atoms with Crippen molar-refractivity contribution in [3.63, 3.8) is 0 Å². The van der Waals surface area contributed by atoms with Crippen molar-refractivity contribution in [1.82, 2.24) is 5.32 Å². The molecule has 23 heavy (non-hydrogen) atoms. The van der Waals surface area contributed by atoms with Gasteiger partial charge in [-0.2, -0.15) is 0 Å². The highest BCUT2D eigenvalue weighted by molar-refractivity contribution is 9.10. The fraction of sp³-hybridized carbons (Fsp3) is 0.278. The molecule has 0 aliphatic carbocycles. The minimum atomic E-state index is -0.433. The molecule has 1 amide bonds. The minimum absolute atomic E-state index is 0.139. The molecule has 1 unspecified atom stereocenters. The highest BCUT2D eigenvalue weighted by Gasteiger charge is 2.25. The molecular weight excluding hydrogens is 361 g/mol. The maximum Gasteiger partial charge on any atom is 0.253 e. The van der Waals surface area contributed by atoms with Crippen LogP contribution >= 0.6 is 15.9 Å². The number of nitrogens with one attached hydrogen (secondary N) is 1. The van der Waals surface area contributed by atoms with Crippen molar-refractivity contribution in [3.05, 3.63) is 62.9 Å². The molecule has 1 N–H and O–H groups in total. The zero-order chi connectivity index (χ0) is 16.6. The lowest BCUT2D eigenvalue weighted by molar-refractivity contribution is 0.0923. The molecule has 0 fully saturated rings. The maximum absolute atomic E-state index is 13.4. The van der Waals surface area contributed by atoms with E-state index in [1.807, 2.05) is 19.9 Å². The number of fused-ring (bicyclic) bond motifs is 1. The second kappa shape index (κ2) is 6.32. The second-order valence-electron chi connectivity index (χ2n) is 5.79. The number of hydrogen-bond donors (Lipinski definition) is 1. The van der Waals surface area contributed by atoms with E-state index < -0.39 is 5.82 Å². The summed E-state index contributed by atoms with van der Waals surface area (Å²) in [6, 6.07) is 8.05. The standard InChI is InChI=1S/C18H17BrFNO2/c1-10-7-11(2)17-14(8-10)16(5-6-23-17)21-18(22)13-9-12(20)3-4-15(13)19/h3-4,7-9,16H,5-6H2,1-2H3,(H,21,22). The van der Waals surface area contributed by atoms with Gasteiger partial charge in [-0.1, -0.05) is 17.7 Å². The van der Waals surface area contributed by atoms with Crippen molar-refractivity contribution in [3.8, 4) is 5.75 Å². The first-order valence-corrected chi connectivity index (χ1v) is 8.25. The number of aryl methyl sites for hydroxylation is 2. The van der Waals surface area contributed by atoms with Crippen LogP contribution in [0.1, 0.15) is 39.5 Å². The summed E-state index contributed by atoms with van der Waals surface area (Å²) in [5, 5.41) is 3.00. The van der Waals surface area contributed by atoms with Gasteiger partial charge in [-0.05, 0) is 53.5 Å². The summed E-state index contributed by atoms with van der Waals surface area (Å²) in [7, 11) is 0. The van der Waals surface area contributed by atoms with Gasteiger partial charge in [0.05, 0.1) is 18.2 Å². The van der Waals surface area contributed by atoms with Crippen molar-refractivity contribution >= 4 is 21.8 Å². The summed E-state index contributed by atoms with van der Waals surface area (Å²) in [5.74, 6) is 0.108. The van der Waals surface area contributed by atoms with Gasteiger partial charge in [0.25, 0.3) is 5.91 Å². The zero-order valence-corrected chi connectivity index (χ0v) is 14.5. The van der Waals surface area contributed by atoms with Crippen LogP contribution in [-0.4, -0.2) is 12.5 Å². The Morgan fingerprint density at radius 1 is 1.30 bits per heavy atom. The number of ether oxygens (including phenoxy) is 1. The highest BCUT2D eigenvalue weighted by Crippen LogP contribution is 2.36. The van der Waals surface area contributed by atoms with Crippen LogP contribution in [0.2, 0.25) is 0 Å². The van der Waals surface area contributed by atoms with Gasteiger partial charge in [0.1, 0.15) is 11.6 Å². The van der Waals surface area contributed by atoms with Crippen molar-refractivity contribution < 1.29 is 13.9 Å². The van der Waals surface area contributed by atoms with Crippen molar-refractivity contribution in [2.24, 2.45) is 0 Å². The zero-order valence-electron chi connectivity index (χ0n) is 13.0. The molecule has 3 nitrogen and oxygen atoms in total. The summed E-state index contributed by atoms with van der Waals surface area (Å²) < 4.78 is 19.7. The van der Waals surface area contributed by atoms with Crippen LogP contribution in [0.25, 0.3) is 0 Å². The Kier molecular flexibility index (Phi) is 4.39. The average molecular weight is 378 g/mol. The second-order valence-corrected chi connectivity index (χ2v) is 6.64. The van der Waals surface area contributed by atoms with E-state index in [0.717, 1.165) is 22.4 Å². The summed E-state index contributed by atoms with van der Waals surface area (Å²) >= 11 is 3.30. The molecule has 0 spiro atoms. The smallest absolute Gasteiger partial charge is 0.253 e. The lowest BCUT2D eigenvalue weighted by Gasteiger charge is -2.28. The maximum atomic E-state index is 13.4. The van der Waals surface area contributed by atoms with Crippen LogP contribution in [-0.2, 0) is 0 Å². The van der Waals surface area contributed by atoms with Crippen LogP contribution in [0, 0.1) is 19.7 Å². The van der Waals surface area contributed by atoms with Gasteiger partial charge in [-0.3, -0.25) is 4.79 Å². The molecule has 0 bridgehead atoms. The Balaban J connectivity index is 1.90. The van der Waals surface area contributed by atoms with Crippen LogP contribution < -0.4 is 10.1 Å². The van der Waals surface area contributed by atoms with Gasteiger partial charge >= 0.3 is 0 Å². The van der Waals surface area contributed by atoms with E-state index >= 15 is 0 Å². The summed E-state index contributed by atoms with van der Waals surface area (Å²) in [6.45, 7) is 4.56. The van der Waals surface area contributed by atoms with E-state index in [9.17, 15) is 9.18 Å². The largest absolute Gasteiger partial charge is 0.493 e. The SMILES string of the molecule is Cc1cc(C)c2c(c1)C(NC(=O)c1cc(F)ccc1Br)CCO2. The first-order valence-electron chi connectivity index (χ1n) is 7.45. The van der Waals surface area contributed by atoms with Crippen LogP contribution in [0.3, 0.4) is 0 Å². The van der Waals surface area contributed by atoms with Crippen molar-refractivity contribution in [1.29, 1.82) is 0 Å². The van der Waals surface area contributed by atoms with Crippen LogP contribution in [0.4, 0.5) is 4.39 Å². The van der Waals surface area contributed by atoms with Crippen LogP contribution in [0.5, 0.6) is 5.75 Å². The Morgan fingerprint density at radius 3 is 2.87 bits per heavy atom. The predicted octanol–water partition coefficient (Wildman–Crippen LogP) is 4.46. The number of hydrogen-bond acceptors (Lipinski definition) is 2. The van der Waals surface area contributed by atoms with Gasteiger partial charge in [0.15, 0.2) is 0 Å². The Bertz CT molecular complexity index is 776. The summed E-state index contributed by atoms with van der Waals surface area (Å²) in [4.78, 5) is 12.5. The Hall–Kier alpha value is -1.88. The molecule has 2 aromatic carbocycles. The van der Waals surface area contributed by atoms with Gasteiger partial charge in [0.2, 0.25) is 0 Å². The molecule has 120 valence electrons. The van der Waals surface area contributed by atoms with Gasteiger partial charge < -0.3 is 10.1 Å². The Labute approximate surface area is 143 Å². The molecule has 0 saturated heterocycles. The van der Waals surface area contributed by atoms with Gasteiger partial charge in [-0.15, -0.1) is 0 Å². The molecule has 3 rings (SSSR count). The predicted molar refractivity (Wildman–Crippen MR) is 90.3 cm³/mol. The lowest BCUT2D eigenvalue weighted by atomic mass is 9.95. The van der Waals surface area contributed by atoms with E-state index in [0.29, 0.717) is 23.1 Å². The molecule has 0 radical (unpaired) electrons. The number of rotatable bonds is 2. The fourth-order valence-corrected chi connectivity index (χ4v) is 3.36. The fourth-order valence-electron chi connectivity index (χ4n) is 2.93. The molecular formula is C18H17BrFNO2. The number of benzene rings is 2. The number of carbonyl (C=O) groups is 1. The topological polar surface area (TPSA) is 38.3 Å². The number of halogens is 2. The van der Waals surface area contributed by atoms with Crippen molar-refractivity contribution in [2.75, 3.05) is 6.61 Å². The van der Waals surface area contributed by atoms with Gasteiger partial charge in [0, 0.05) is 16.5 Å². The molecule has 0 saturated carbocycles. The van der Waals surface area contributed by atoms with Crippen LogP contribution in [0.15, 0.2) is 34.8 Å². The normalized spacial score (nSPS) is 16.4. The number of carbonyl (C=O) groups excluding carboxylic acids is 1. The van der Waals surface area contributed by atoms with E-state index in [2.05, 4.69) is 27.3 Å². The molecule has 1 atom stereocenters. The van der Waals surface area contributed by atoms with E-state index in [1.54, 1.807) is 0 Å². The summed E-state index contributed by atoms with van der Waals surface area (Å²) in [6.07, 6.45) is 0.689. The quantitative estimate of drug-likeness (QED) is 0.838.